The Kier molecular flexibility index (Phi) is 7.74. The third-order valence-corrected chi connectivity index (χ3v) is 7.04. The van der Waals surface area contributed by atoms with E-state index in [1.54, 1.807) is 12.1 Å². The van der Waals surface area contributed by atoms with Gasteiger partial charge in [0.2, 0.25) is 5.88 Å². The van der Waals surface area contributed by atoms with Crippen LogP contribution in [0.3, 0.4) is 0 Å². The second-order valence-corrected chi connectivity index (χ2v) is 10.9. The van der Waals surface area contributed by atoms with Gasteiger partial charge >= 0.3 is 0 Å². The number of aromatic nitrogens is 2. The molecule has 0 aliphatic rings. The Morgan fingerprint density at radius 3 is 1.70 bits per heavy atom. The maximum atomic E-state index is 14.0. The topological polar surface area (TPSA) is 100 Å². The lowest BCUT2D eigenvalue weighted by Crippen LogP contribution is -2.37. The molecule has 0 bridgehead atoms. The van der Waals surface area contributed by atoms with Gasteiger partial charge in [0.1, 0.15) is 17.4 Å². The minimum atomic E-state index is -0.713. The number of hydrogen-bond acceptors (Lipinski definition) is 6. The van der Waals surface area contributed by atoms with E-state index in [2.05, 4.69) is 47.9 Å². The summed E-state index contributed by atoms with van der Waals surface area (Å²) in [6.07, 6.45) is 5.76. The van der Waals surface area contributed by atoms with Crippen LogP contribution in [0.1, 0.15) is 37.4 Å². The van der Waals surface area contributed by atoms with Crippen molar-refractivity contribution in [3.8, 4) is 28.5 Å². The van der Waals surface area contributed by atoms with E-state index in [1.165, 1.54) is 24.8 Å². The summed E-state index contributed by atoms with van der Waals surface area (Å²) >= 11 is 6.67. The quantitative estimate of drug-likeness (QED) is 0.178. The number of pyridine rings is 2. The maximum Gasteiger partial charge on any atom is 0.269 e. The smallest absolute Gasteiger partial charge is 0.269 e. The summed E-state index contributed by atoms with van der Waals surface area (Å²) in [5.41, 5.74) is 4.26. The van der Waals surface area contributed by atoms with E-state index in [0.29, 0.717) is 31.4 Å². The summed E-state index contributed by atoms with van der Waals surface area (Å²) in [5, 5.41) is 10.5. The van der Waals surface area contributed by atoms with E-state index in [9.17, 15) is 14.9 Å². The van der Waals surface area contributed by atoms with Crippen LogP contribution in [0, 0.1) is 25.2 Å². The molecule has 0 atom stereocenters. The first-order chi connectivity index (χ1) is 19.3. The molecule has 0 aliphatic carbocycles. The van der Waals surface area contributed by atoms with Crippen LogP contribution in [0.25, 0.3) is 22.5 Å². The highest BCUT2D eigenvalue weighted by Crippen LogP contribution is 2.43. The van der Waals surface area contributed by atoms with Crippen LogP contribution in [0.15, 0.2) is 98.8 Å². The van der Waals surface area contributed by atoms with Crippen molar-refractivity contribution in [1.29, 1.82) is 5.26 Å². The molecule has 2 aromatic carbocycles. The first-order valence-corrected chi connectivity index (χ1v) is 13.7. The van der Waals surface area contributed by atoms with Crippen LogP contribution in [0.2, 0.25) is 0 Å². The lowest BCUT2D eigenvalue weighted by molar-refractivity contribution is 0.0891. The molecule has 3 aromatic heterocycles. The van der Waals surface area contributed by atoms with E-state index in [4.69, 9.17) is 4.42 Å². The molecule has 0 N–H and O–H groups in total. The Labute approximate surface area is 247 Å². The Balaban J connectivity index is 1.80. The summed E-state index contributed by atoms with van der Waals surface area (Å²) < 4.78 is 7.46. The molecule has 0 spiro atoms. The van der Waals surface area contributed by atoms with Crippen molar-refractivity contribution in [1.82, 2.24) is 9.97 Å². The first-order valence-electron chi connectivity index (χ1n) is 12.1. The third-order valence-electron chi connectivity index (χ3n) is 6.17. The normalized spacial score (nSPS) is 10.7. The number of carbonyl (C=O) groups excluding carboxylic acids is 2. The van der Waals surface area contributed by atoms with E-state index in [-0.39, 0.29) is 22.6 Å². The van der Waals surface area contributed by atoms with Gasteiger partial charge in [-0.15, -0.1) is 0 Å². The minimum Gasteiger partial charge on any atom is -0.437 e. The van der Waals surface area contributed by atoms with Crippen molar-refractivity contribution in [2.75, 3.05) is 4.90 Å². The molecular weight excluding hydrogens is 636 g/mol. The molecule has 9 heteroatoms. The van der Waals surface area contributed by atoms with Crippen LogP contribution in [-0.4, -0.2) is 21.8 Å². The number of halogens is 2. The predicted octanol–water partition coefficient (Wildman–Crippen LogP) is 7.90. The number of rotatable bonds is 5. The average Bonchev–Trinajstić information content (AvgIpc) is 3.33. The maximum absolute atomic E-state index is 14.0. The van der Waals surface area contributed by atoms with Crippen LogP contribution in [-0.2, 0) is 0 Å². The number of imide groups is 1. The highest BCUT2D eigenvalue weighted by molar-refractivity contribution is 9.10. The summed E-state index contributed by atoms with van der Waals surface area (Å²) in [7, 11) is 0. The Morgan fingerprint density at radius 1 is 0.775 bits per heavy atom. The van der Waals surface area contributed by atoms with Crippen molar-refractivity contribution in [3.63, 3.8) is 0 Å². The number of hydrogen-bond donors (Lipinski definition) is 0. The SMILES string of the molecule is Cc1ccc(-c2oc(N(C(=O)c3cncc(Br)c3)C(=O)c3cncc(Br)c3)c(C#N)c2-c2ccc(C)cc2)cc1. The molecule has 3 heterocycles. The second-order valence-electron chi connectivity index (χ2n) is 9.06. The number of benzene rings is 2. The number of carbonyl (C=O) groups is 2. The van der Waals surface area contributed by atoms with E-state index in [0.717, 1.165) is 16.0 Å². The summed E-state index contributed by atoms with van der Waals surface area (Å²) in [6, 6.07) is 20.5. The van der Waals surface area contributed by atoms with Crippen molar-refractivity contribution in [2.24, 2.45) is 0 Å². The van der Waals surface area contributed by atoms with Gasteiger partial charge in [0.15, 0.2) is 0 Å². The van der Waals surface area contributed by atoms with Gasteiger partial charge in [0.25, 0.3) is 11.8 Å². The molecule has 0 radical (unpaired) electrons. The fourth-order valence-electron chi connectivity index (χ4n) is 4.18. The van der Waals surface area contributed by atoms with Crippen molar-refractivity contribution in [3.05, 3.63) is 122 Å². The zero-order chi connectivity index (χ0) is 28.4. The molecule has 0 unspecified atom stereocenters. The molecule has 196 valence electrons. The average molecular weight is 656 g/mol. The highest BCUT2D eigenvalue weighted by Gasteiger charge is 2.35. The first kappa shape index (κ1) is 27.2. The number of anilines is 1. The monoisotopic (exact) mass is 654 g/mol. The molecule has 40 heavy (non-hydrogen) atoms. The van der Waals surface area contributed by atoms with Gasteiger partial charge in [0.05, 0.1) is 11.1 Å². The summed E-state index contributed by atoms with van der Waals surface area (Å²) in [5.74, 6) is -1.26. The largest absolute Gasteiger partial charge is 0.437 e. The number of furan rings is 1. The minimum absolute atomic E-state index is 0.0482. The predicted molar refractivity (Wildman–Crippen MR) is 159 cm³/mol. The van der Waals surface area contributed by atoms with Crippen LogP contribution in [0.5, 0.6) is 0 Å². The highest BCUT2D eigenvalue weighted by atomic mass is 79.9. The van der Waals surface area contributed by atoms with Gasteiger partial charge in [-0.05, 0) is 63.4 Å². The zero-order valence-corrected chi connectivity index (χ0v) is 24.5. The van der Waals surface area contributed by atoms with Crippen molar-refractivity contribution < 1.29 is 14.0 Å². The van der Waals surface area contributed by atoms with E-state index >= 15 is 0 Å². The van der Waals surface area contributed by atoms with E-state index in [1.807, 2.05) is 62.4 Å². The number of nitrogens with zero attached hydrogens (tertiary/aromatic N) is 4. The number of nitriles is 1. The van der Waals surface area contributed by atoms with Crippen LogP contribution in [0.4, 0.5) is 5.88 Å². The molecule has 0 fully saturated rings. The molecular formula is C31H20Br2N4O3. The van der Waals surface area contributed by atoms with E-state index < -0.39 is 11.8 Å². The van der Waals surface area contributed by atoms with Gasteiger partial charge in [-0.2, -0.15) is 5.26 Å². The summed E-state index contributed by atoms with van der Waals surface area (Å²) in [4.78, 5) is 37.0. The van der Waals surface area contributed by atoms with Crippen LogP contribution >= 0.6 is 31.9 Å². The van der Waals surface area contributed by atoms with Crippen molar-refractivity contribution >= 4 is 49.6 Å². The second kappa shape index (κ2) is 11.4. The molecule has 0 aliphatic heterocycles. The molecule has 2 amide bonds. The summed E-state index contributed by atoms with van der Waals surface area (Å²) in [6.45, 7) is 3.93. The Bertz CT molecular complexity index is 1730. The molecule has 5 rings (SSSR count). The Morgan fingerprint density at radius 2 is 1.25 bits per heavy atom. The molecule has 0 saturated heterocycles. The van der Waals surface area contributed by atoms with Gasteiger partial charge in [-0.25, -0.2) is 4.90 Å². The zero-order valence-electron chi connectivity index (χ0n) is 21.4. The van der Waals surface area contributed by atoms with Gasteiger partial charge in [-0.3, -0.25) is 19.6 Å². The number of aryl methyl sites for hydroxylation is 2. The third kappa shape index (κ3) is 5.37. The Hall–Kier alpha value is -4.39. The molecule has 0 saturated carbocycles. The molecule has 7 nitrogen and oxygen atoms in total. The lowest BCUT2D eigenvalue weighted by atomic mass is 9.97. The standard InChI is InChI=1S/C31H20Br2N4O3/c1-18-3-7-20(8-4-18)27-26(13-34)31(40-28(27)21-9-5-19(2)6-10-21)37(29(38)22-11-24(32)16-35-14-22)30(39)23-12-25(33)17-36-15-23/h3-12,14-17H,1-2H3. The lowest BCUT2D eigenvalue weighted by Gasteiger charge is -2.19. The van der Waals surface area contributed by atoms with Crippen LogP contribution < -0.4 is 4.90 Å². The molecule has 5 aromatic rings. The fraction of sp³-hybridized carbons (Fsp3) is 0.0645. The number of amides is 2. The van der Waals surface area contributed by atoms with Gasteiger partial charge in [0, 0.05) is 44.9 Å². The van der Waals surface area contributed by atoms with Gasteiger partial charge in [-0.1, -0.05) is 59.7 Å². The van der Waals surface area contributed by atoms with Crippen molar-refractivity contribution in [2.45, 2.75) is 13.8 Å². The van der Waals surface area contributed by atoms with Gasteiger partial charge < -0.3 is 4.42 Å². The fourth-order valence-corrected chi connectivity index (χ4v) is 4.91.